The maximum Gasteiger partial charge on any atom is 0.273 e. The summed E-state index contributed by atoms with van der Waals surface area (Å²) in [7, 11) is 0. The first-order valence-corrected chi connectivity index (χ1v) is 8.63. The van der Waals surface area contributed by atoms with Crippen molar-refractivity contribution in [3.63, 3.8) is 0 Å². The average molecular weight is 355 g/mol. The Kier molecular flexibility index (Phi) is 4.36. The summed E-state index contributed by atoms with van der Waals surface area (Å²) in [5.74, 6) is 0.345. The number of nitrogens with zero attached hydrogens (tertiary/aromatic N) is 2. The summed E-state index contributed by atoms with van der Waals surface area (Å²) < 4.78 is 5.27. The Morgan fingerprint density at radius 3 is 2.85 bits per heavy atom. The Morgan fingerprint density at radius 1 is 1.38 bits per heavy atom. The van der Waals surface area contributed by atoms with Gasteiger partial charge in [0.05, 0.1) is 17.8 Å². The van der Waals surface area contributed by atoms with E-state index in [1.165, 1.54) is 0 Å². The number of hydrogen-bond acceptors (Lipinski definition) is 7. The molecule has 2 heterocycles. The molecule has 0 unspecified atom stereocenters. The van der Waals surface area contributed by atoms with Crippen molar-refractivity contribution in [2.75, 3.05) is 0 Å². The molecule has 1 aliphatic heterocycles. The van der Waals surface area contributed by atoms with Gasteiger partial charge in [-0.05, 0) is 19.8 Å². The monoisotopic (exact) mass is 355 g/mol. The van der Waals surface area contributed by atoms with Crippen molar-refractivity contribution in [3.05, 3.63) is 54.0 Å². The highest BCUT2D eigenvalue weighted by Crippen LogP contribution is 2.27. The van der Waals surface area contributed by atoms with Crippen molar-refractivity contribution in [2.24, 2.45) is 0 Å². The van der Waals surface area contributed by atoms with Crippen molar-refractivity contribution in [1.82, 2.24) is 26.4 Å². The number of carbonyl (C=O) groups is 1. The third kappa shape index (κ3) is 3.29. The van der Waals surface area contributed by atoms with Crippen LogP contribution in [0.1, 0.15) is 30.3 Å². The van der Waals surface area contributed by atoms with Crippen molar-refractivity contribution in [1.29, 1.82) is 0 Å². The summed E-state index contributed by atoms with van der Waals surface area (Å²) >= 11 is 0. The average Bonchev–Trinajstić information content (AvgIpc) is 3.28. The van der Waals surface area contributed by atoms with Crippen LogP contribution in [0.25, 0.3) is 11.3 Å². The van der Waals surface area contributed by atoms with Gasteiger partial charge >= 0.3 is 0 Å². The SMILES string of the molecule is C[C@@H](O)C1=CN(C2CC(NC(=O)c3cc(-c4ccccc4)on3)C2)NN1. The molecule has 1 aromatic heterocycles. The van der Waals surface area contributed by atoms with E-state index in [1.54, 1.807) is 13.0 Å². The molecule has 4 N–H and O–H groups in total. The van der Waals surface area contributed by atoms with E-state index in [1.807, 2.05) is 41.5 Å². The highest BCUT2D eigenvalue weighted by atomic mass is 16.5. The van der Waals surface area contributed by atoms with Gasteiger partial charge in [0.2, 0.25) is 0 Å². The molecule has 1 fully saturated rings. The topological polar surface area (TPSA) is 103 Å². The number of aliphatic hydroxyl groups is 1. The molecule has 1 aliphatic carbocycles. The van der Waals surface area contributed by atoms with Gasteiger partial charge in [0.25, 0.3) is 5.91 Å². The van der Waals surface area contributed by atoms with Crippen molar-refractivity contribution in [2.45, 2.75) is 38.0 Å². The fourth-order valence-corrected chi connectivity index (χ4v) is 3.07. The normalized spacial score (nSPS) is 23.0. The number of hydrogen-bond donors (Lipinski definition) is 4. The van der Waals surface area contributed by atoms with E-state index in [0.29, 0.717) is 5.76 Å². The smallest absolute Gasteiger partial charge is 0.273 e. The second-order valence-corrected chi connectivity index (χ2v) is 6.64. The van der Waals surface area contributed by atoms with E-state index < -0.39 is 6.10 Å². The quantitative estimate of drug-likeness (QED) is 0.638. The lowest BCUT2D eigenvalue weighted by atomic mass is 9.86. The molecule has 0 saturated heterocycles. The molecule has 2 aliphatic rings. The molecule has 1 amide bonds. The summed E-state index contributed by atoms with van der Waals surface area (Å²) in [5.41, 5.74) is 7.84. The van der Waals surface area contributed by atoms with E-state index in [4.69, 9.17) is 4.52 Å². The fourth-order valence-electron chi connectivity index (χ4n) is 3.07. The zero-order valence-corrected chi connectivity index (χ0v) is 14.3. The Hall–Kier alpha value is -2.84. The molecule has 0 spiro atoms. The predicted molar refractivity (Wildman–Crippen MR) is 94.1 cm³/mol. The molecule has 2 aromatic rings. The van der Waals surface area contributed by atoms with Crippen LogP contribution in [0, 0.1) is 0 Å². The second kappa shape index (κ2) is 6.81. The van der Waals surface area contributed by atoms with Crippen molar-refractivity contribution in [3.8, 4) is 11.3 Å². The van der Waals surface area contributed by atoms with Crippen LogP contribution >= 0.6 is 0 Å². The lowest BCUT2D eigenvalue weighted by Crippen LogP contribution is -2.56. The molecule has 0 radical (unpaired) electrons. The molecule has 8 nitrogen and oxygen atoms in total. The molecule has 1 aromatic carbocycles. The van der Waals surface area contributed by atoms with Crippen LogP contribution in [0.5, 0.6) is 0 Å². The molecule has 136 valence electrons. The molecular formula is C18H21N5O3. The molecule has 1 saturated carbocycles. The first-order valence-electron chi connectivity index (χ1n) is 8.63. The Bertz CT molecular complexity index is 811. The number of carbonyl (C=O) groups excluding carboxylic acids is 1. The predicted octanol–water partition coefficient (Wildman–Crippen LogP) is 1.15. The van der Waals surface area contributed by atoms with Crippen molar-refractivity contribution >= 4 is 5.91 Å². The van der Waals surface area contributed by atoms with E-state index in [9.17, 15) is 9.90 Å². The number of amides is 1. The summed E-state index contributed by atoms with van der Waals surface area (Å²) in [6.07, 6.45) is 2.94. The Balaban J connectivity index is 1.30. The number of aromatic nitrogens is 1. The zero-order valence-electron chi connectivity index (χ0n) is 14.3. The van der Waals surface area contributed by atoms with Crippen LogP contribution in [0.3, 0.4) is 0 Å². The minimum atomic E-state index is -0.547. The van der Waals surface area contributed by atoms with Gasteiger partial charge in [0.1, 0.15) is 0 Å². The van der Waals surface area contributed by atoms with Gasteiger partial charge in [-0.1, -0.05) is 35.5 Å². The third-order valence-electron chi connectivity index (χ3n) is 4.70. The largest absolute Gasteiger partial charge is 0.387 e. The maximum atomic E-state index is 12.3. The van der Waals surface area contributed by atoms with Crippen LogP contribution in [0.2, 0.25) is 0 Å². The standard InChI is InChI=1S/C18H21N5O3/c1-11(24)16-10-23(22-20-16)14-7-13(8-14)19-18(25)15-9-17(26-21-15)12-5-3-2-4-6-12/h2-6,9-11,13-14,20,22,24H,7-8H2,1H3,(H,19,25)/t11-,13?,14?/m1/s1. The summed E-state index contributed by atoms with van der Waals surface area (Å²) in [6, 6.07) is 11.6. The molecule has 26 heavy (non-hydrogen) atoms. The van der Waals surface area contributed by atoms with Crippen LogP contribution in [0.4, 0.5) is 0 Å². The second-order valence-electron chi connectivity index (χ2n) is 6.64. The van der Waals surface area contributed by atoms with Gasteiger partial charge in [-0.15, -0.1) is 5.53 Å². The fraction of sp³-hybridized carbons (Fsp3) is 0.333. The number of benzene rings is 1. The third-order valence-corrected chi connectivity index (χ3v) is 4.70. The van der Waals surface area contributed by atoms with Gasteiger partial charge in [-0.25, -0.2) is 0 Å². The Morgan fingerprint density at radius 2 is 2.15 bits per heavy atom. The van der Waals surface area contributed by atoms with E-state index in [-0.39, 0.29) is 23.7 Å². The number of hydrazine groups is 2. The summed E-state index contributed by atoms with van der Waals surface area (Å²) in [6.45, 7) is 1.70. The molecular weight excluding hydrogens is 334 g/mol. The van der Waals surface area contributed by atoms with E-state index in [0.717, 1.165) is 24.1 Å². The zero-order chi connectivity index (χ0) is 18.1. The summed E-state index contributed by atoms with van der Waals surface area (Å²) in [4.78, 5) is 12.3. The molecule has 1 atom stereocenters. The first kappa shape index (κ1) is 16.6. The molecule has 4 rings (SSSR count). The minimum absolute atomic E-state index is 0.0928. The molecule has 0 bridgehead atoms. The first-order chi connectivity index (χ1) is 12.6. The van der Waals surface area contributed by atoms with Crippen molar-refractivity contribution < 1.29 is 14.4 Å². The van der Waals surface area contributed by atoms with Crippen LogP contribution < -0.4 is 16.3 Å². The highest BCUT2D eigenvalue weighted by Gasteiger charge is 2.36. The van der Waals surface area contributed by atoms with Gasteiger partial charge in [-0.2, -0.15) is 0 Å². The lowest BCUT2D eigenvalue weighted by molar-refractivity contribution is 0.0754. The van der Waals surface area contributed by atoms with Crippen LogP contribution in [0.15, 0.2) is 52.8 Å². The number of nitrogens with one attached hydrogen (secondary N) is 3. The van der Waals surface area contributed by atoms with Crippen LogP contribution in [-0.2, 0) is 0 Å². The van der Waals surface area contributed by atoms with Crippen LogP contribution in [-0.4, -0.2) is 39.4 Å². The maximum absolute atomic E-state index is 12.3. The van der Waals surface area contributed by atoms with Gasteiger partial charge in [0, 0.05) is 23.9 Å². The summed E-state index contributed by atoms with van der Waals surface area (Å²) in [5, 5.41) is 18.3. The number of rotatable bonds is 5. The Labute approximate surface area is 150 Å². The molecule has 8 heteroatoms. The lowest BCUT2D eigenvalue weighted by Gasteiger charge is -2.40. The number of aliphatic hydroxyl groups excluding tert-OH is 1. The van der Waals surface area contributed by atoms with E-state index in [2.05, 4.69) is 21.4 Å². The highest BCUT2D eigenvalue weighted by molar-refractivity contribution is 5.93. The van der Waals surface area contributed by atoms with Gasteiger partial charge < -0.3 is 20.4 Å². The van der Waals surface area contributed by atoms with Gasteiger partial charge in [-0.3, -0.25) is 9.80 Å². The minimum Gasteiger partial charge on any atom is -0.387 e. The van der Waals surface area contributed by atoms with E-state index >= 15 is 0 Å². The van der Waals surface area contributed by atoms with Gasteiger partial charge in [0.15, 0.2) is 11.5 Å².